The molecule has 2 heterocycles. The highest BCUT2D eigenvalue weighted by Gasteiger charge is 2.36. The molecule has 0 radical (unpaired) electrons. The van der Waals surface area contributed by atoms with Crippen LogP contribution < -0.4 is 0 Å². The number of benzene rings is 1. The molecule has 4 heteroatoms. The summed E-state index contributed by atoms with van der Waals surface area (Å²) in [5.41, 5.74) is 2.67. The summed E-state index contributed by atoms with van der Waals surface area (Å²) in [6.07, 6.45) is 3.79. The summed E-state index contributed by atoms with van der Waals surface area (Å²) >= 11 is 0. The van der Waals surface area contributed by atoms with E-state index in [2.05, 4.69) is 31.2 Å². The van der Waals surface area contributed by atoms with Crippen molar-refractivity contribution in [2.24, 2.45) is 0 Å². The molecule has 1 aromatic rings. The van der Waals surface area contributed by atoms with Crippen LogP contribution in [-0.2, 0) is 9.59 Å². The van der Waals surface area contributed by atoms with E-state index in [0.717, 1.165) is 45.3 Å². The number of aryl methyl sites for hydroxylation is 1. The fraction of sp³-hybridized carbons (Fsp3) is 0.579. The number of amides is 2. The first-order valence-electron chi connectivity index (χ1n) is 8.69. The Labute approximate surface area is 138 Å². The molecule has 0 saturated carbocycles. The van der Waals surface area contributed by atoms with Gasteiger partial charge in [-0.1, -0.05) is 29.8 Å². The van der Waals surface area contributed by atoms with Crippen molar-refractivity contribution in [2.75, 3.05) is 19.6 Å². The molecule has 4 nitrogen and oxygen atoms in total. The van der Waals surface area contributed by atoms with E-state index in [1.807, 2.05) is 4.90 Å². The molecule has 0 bridgehead atoms. The Balaban J connectivity index is 1.59. The minimum absolute atomic E-state index is 0.0235. The maximum absolute atomic E-state index is 12.7. The van der Waals surface area contributed by atoms with Gasteiger partial charge in [0.1, 0.15) is 6.04 Å². The average molecular weight is 314 g/mol. The predicted molar refractivity (Wildman–Crippen MR) is 90.1 cm³/mol. The van der Waals surface area contributed by atoms with Crippen LogP contribution in [0.3, 0.4) is 0 Å². The first-order valence-corrected chi connectivity index (χ1v) is 8.69. The topological polar surface area (TPSA) is 40.6 Å². The Morgan fingerprint density at radius 2 is 1.65 bits per heavy atom. The van der Waals surface area contributed by atoms with Gasteiger partial charge in [-0.25, -0.2) is 0 Å². The van der Waals surface area contributed by atoms with E-state index < -0.39 is 0 Å². The van der Waals surface area contributed by atoms with E-state index in [4.69, 9.17) is 0 Å². The standard InChI is InChI=1S/C19H26N2O2/c1-14-5-7-16(8-6-14)17-9-12-20(13-10-17)19(23)18-4-3-11-21(18)15(2)22/h5-8,17-18H,3-4,9-13H2,1-2H3. The summed E-state index contributed by atoms with van der Waals surface area (Å²) in [5.74, 6) is 0.725. The second-order valence-corrected chi connectivity index (χ2v) is 6.88. The number of hydrogen-bond acceptors (Lipinski definition) is 2. The number of carbonyl (C=O) groups is 2. The van der Waals surface area contributed by atoms with E-state index in [1.165, 1.54) is 11.1 Å². The van der Waals surface area contributed by atoms with Gasteiger partial charge in [-0.3, -0.25) is 9.59 Å². The molecule has 2 aliphatic heterocycles. The molecule has 23 heavy (non-hydrogen) atoms. The minimum Gasteiger partial charge on any atom is -0.341 e. The van der Waals surface area contributed by atoms with Gasteiger partial charge in [0, 0.05) is 26.6 Å². The Bertz CT molecular complexity index is 574. The smallest absolute Gasteiger partial charge is 0.245 e. The first kappa shape index (κ1) is 16.0. The first-order chi connectivity index (χ1) is 11.1. The molecule has 0 aromatic heterocycles. The SMILES string of the molecule is CC(=O)N1CCCC1C(=O)N1CCC(c2ccc(C)cc2)CC1. The summed E-state index contributed by atoms with van der Waals surface area (Å²) in [4.78, 5) is 28.1. The van der Waals surface area contributed by atoms with E-state index >= 15 is 0 Å². The van der Waals surface area contributed by atoms with Gasteiger partial charge >= 0.3 is 0 Å². The largest absolute Gasteiger partial charge is 0.341 e. The van der Waals surface area contributed by atoms with Crippen molar-refractivity contribution in [1.82, 2.24) is 9.80 Å². The van der Waals surface area contributed by atoms with Gasteiger partial charge in [0.2, 0.25) is 11.8 Å². The fourth-order valence-electron chi connectivity index (χ4n) is 3.88. The fourth-order valence-corrected chi connectivity index (χ4v) is 3.88. The van der Waals surface area contributed by atoms with Crippen LogP contribution >= 0.6 is 0 Å². The van der Waals surface area contributed by atoms with Gasteiger partial charge in [-0.2, -0.15) is 0 Å². The Morgan fingerprint density at radius 3 is 2.26 bits per heavy atom. The minimum atomic E-state index is -0.219. The highest BCUT2D eigenvalue weighted by atomic mass is 16.2. The lowest BCUT2D eigenvalue weighted by molar-refractivity contribution is -0.143. The number of carbonyl (C=O) groups excluding carboxylic acids is 2. The zero-order valence-corrected chi connectivity index (χ0v) is 14.1. The van der Waals surface area contributed by atoms with Crippen molar-refractivity contribution in [1.29, 1.82) is 0 Å². The molecule has 2 amide bonds. The maximum Gasteiger partial charge on any atom is 0.245 e. The van der Waals surface area contributed by atoms with Gasteiger partial charge in [0.05, 0.1) is 0 Å². The highest BCUT2D eigenvalue weighted by Crippen LogP contribution is 2.29. The van der Waals surface area contributed by atoms with Crippen LogP contribution in [0.15, 0.2) is 24.3 Å². The van der Waals surface area contributed by atoms with E-state index in [-0.39, 0.29) is 17.9 Å². The molecular formula is C19H26N2O2. The van der Waals surface area contributed by atoms with Gasteiger partial charge in [-0.05, 0) is 44.1 Å². The van der Waals surface area contributed by atoms with Crippen LogP contribution in [0.4, 0.5) is 0 Å². The summed E-state index contributed by atoms with van der Waals surface area (Å²) in [5, 5.41) is 0. The molecule has 2 fully saturated rings. The van der Waals surface area contributed by atoms with Crippen LogP contribution in [-0.4, -0.2) is 47.3 Å². The molecule has 124 valence electrons. The third kappa shape index (κ3) is 3.41. The lowest BCUT2D eigenvalue weighted by Crippen LogP contribution is -2.49. The van der Waals surface area contributed by atoms with Crippen LogP contribution in [0.1, 0.15) is 49.7 Å². The molecule has 1 unspecified atom stereocenters. The van der Waals surface area contributed by atoms with Crippen molar-refractivity contribution < 1.29 is 9.59 Å². The molecule has 1 atom stereocenters. The molecule has 0 aliphatic carbocycles. The highest BCUT2D eigenvalue weighted by molar-refractivity contribution is 5.87. The summed E-state index contributed by atoms with van der Waals surface area (Å²) < 4.78 is 0. The number of piperidine rings is 1. The van der Waals surface area contributed by atoms with Crippen molar-refractivity contribution in [3.8, 4) is 0 Å². The van der Waals surface area contributed by atoms with Gasteiger partial charge in [0.25, 0.3) is 0 Å². The van der Waals surface area contributed by atoms with Crippen LogP contribution in [0.25, 0.3) is 0 Å². The van der Waals surface area contributed by atoms with Gasteiger partial charge < -0.3 is 9.80 Å². The average Bonchev–Trinajstić information content (AvgIpc) is 3.05. The molecule has 0 N–H and O–H groups in total. The number of hydrogen-bond donors (Lipinski definition) is 0. The molecule has 3 rings (SSSR count). The molecule has 2 aliphatic rings. The third-order valence-electron chi connectivity index (χ3n) is 5.30. The zero-order valence-electron chi connectivity index (χ0n) is 14.1. The van der Waals surface area contributed by atoms with Crippen molar-refractivity contribution in [2.45, 2.75) is 51.5 Å². The summed E-state index contributed by atoms with van der Waals surface area (Å²) in [6, 6.07) is 8.54. The quantitative estimate of drug-likeness (QED) is 0.842. The third-order valence-corrected chi connectivity index (χ3v) is 5.30. The van der Waals surface area contributed by atoms with Crippen LogP contribution in [0, 0.1) is 6.92 Å². The van der Waals surface area contributed by atoms with Crippen molar-refractivity contribution >= 4 is 11.8 Å². The predicted octanol–water partition coefficient (Wildman–Crippen LogP) is 2.71. The van der Waals surface area contributed by atoms with Crippen LogP contribution in [0.5, 0.6) is 0 Å². The number of rotatable bonds is 2. The van der Waals surface area contributed by atoms with E-state index in [9.17, 15) is 9.59 Å². The normalized spacial score (nSPS) is 22.4. The molecular weight excluding hydrogens is 288 g/mol. The van der Waals surface area contributed by atoms with Crippen LogP contribution in [0.2, 0.25) is 0 Å². The lowest BCUT2D eigenvalue weighted by Gasteiger charge is -2.35. The second kappa shape index (κ2) is 6.73. The van der Waals surface area contributed by atoms with Crippen molar-refractivity contribution in [3.63, 3.8) is 0 Å². The Kier molecular flexibility index (Phi) is 4.69. The lowest BCUT2D eigenvalue weighted by atomic mass is 9.89. The van der Waals surface area contributed by atoms with E-state index in [0.29, 0.717) is 5.92 Å². The Morgan fingerprint density at radius 1 is 1.00 bits per heavy atom. The molecule has 0 spiro atoms. The maximum atomic E-state index is 12.7. The summed E-state index contributed by atoms with van der Waals surface area (Å²) in [7, 11) is 0. The summed E-state index contributed by atoms with van der Waals surface area (Å²) in [6.45, 7) is 6.01. The Hall–Kier alpha value is -1.84. The zero-order chi connectivity index (χ0) is 16.4. The molecule has 1 aromatic carbocycles. The number of nitrogens with zero attached hydrogens (tertiary/aromatic N) is 2. The van der Waals surface area contributed by atoms with E-state index in [1.54, 1.807) is 11.8 Å². The number of likely N-dealkylation sites (tertiary alicyclic amines) is 2. The van der Waals surface area contributed by atoms with Crippen molar-refractivity contribution in [3.05, 3.63) is 35.4 Å². The molecule has 2 saturated heterocycles. The van der Waals surface area contributed by atoms with Gasteiger partial charge in [0.15, 0.2) is 0 Å². The van der Waals surface area contributed by atoms with Gasteiger partial charge in [-0.15, -0.1) is 0 Å². The second-order valence-electron chi connectivity index (χ2n) is 6.88. The monoisotopic (exact) mass is 314 g/mol.